The number of alkyl halides is 1. The molecule has 0 aromatic carbocycles. The van der Waals surface area contributed by atoms with E-state index in [4.69, 9.17) is 5.10 Å². The van der Waals surface area contributed by atoms with Crippen LogP contribution in [0.25, 0.3) is 0 Å². The summed E-state index contributed by atoms with van der Waals surface area (Å²) in [5, 5.41) is 9.36. The highest BCUT2D eigenvalue weighted by molar-refractivity contribution is 5.97. The Bertz CT molecular complexity index is 649. The summed E-state index contributed by atoms with van der Waals surface area (Å²) >= 11 is 0. The second-order valence-electron chi connectivity index (χ2n) is 10.0. The third kappa shape index (κ3) is 3.80. The van der Waals surface area contributed by atoms with E-state index in [1.807, 2.05) is 0 Å². The van der Waals surface area contributed by atoms with Crippen molar-refractivity contribution in [3.05, 3.63) is 0 Å². The molecule has 6 heteroatoms. The lowest BCUT2D eigenvalue weighted by atomic mass is 9.75. The third-order valence-electron chi connectivity index (χ3n) is 7.93. The SMILES string of the molecule is CC1=NN=C(CC2CN3CCN4CCN2C[C@]([18F])(C4)C3)C2CCCCCCC12. The van der Waals surface area contributed by atoms with Gasteiger partial charge in [0.05, 0.1) is 0 Å². The van der Waals surface area contributed by atoms with Crippen molar-refractivity contribution in [3.8, 4) is 0 Å². The summed E-state index contributed by atoms with van der Waals surface area (Å²) in [5.74, 6) is 1.16. The molecule has 5 aliphatic rings. The predicted octanol–water partition coefficient (Wildman–Crippen LogP) is 2.82. The summed E-state index contributed by atoms with van der Waals surface area (Å²) in [6.07, 6.45) is 8.86. The second-order valence-corrected chi connectivity index (χ2v) is 10.0. The zero-order valence-corrected chi connectivity index (χ0v) is 17.5. The lowest BCUT2D eigenvalue weighted by Crippen LogP contribution is -2.47. The molecule has 1 aliphatic carbocycles. The van der Waals surface area contributed by atoms with Crippen LogP contribution in [0.2, 0.25) is 0 Å². The van der Waals surface area contributed by atoms with Gasteiger partial charge in [-0.1, -0.05) is 25.7 Å². The fourth-order valence-electron chi connectivity index (χ4n) is 6.48. The van der Waals surface area contributed by atoms with Gasteiger partial charge in [0.1, 0.15) is 5.67 Å². The highest BCUT2D eigenvalue weighted by Crippen LogP contribution is 2.35. The standard InChI is InChI=1S/C22H36FN5/c1-17-19-6-4-2-3-5-7-20(19)21(25-24-17)12-18-13-27-9-8-26-10-11-28(18)16-22(23,14-26)15-27/h18-20H,2-16H2,1H3/t18?,19?,20?,22-/m0/s1/i23-1. The molecule has 0 aromatic heterocycles. The Morgan fingerprint density at radius 3 is 2.46 bits per heavy atom. The van der Waals surface area contributed by atoms with Gasteiger partial charge in [-0.15, -0.1) is 0 Å². The monoisotopic (exact) mass is 388 g/mol. The lowest BCUT2D eigenvalue weighted by Gasteiger charge is -2.36. The fraction of sp³-hybridized carbons (Fsp3) is 0.909. The maximum atomic E-state index is 15.7. The van der Waals surface area contributed by atoms with Gasteiger partial charge in [0.25, 0.3) is 0 Å². The first-order valence-electron chi connectivity index (χ1n) is 11.6. The van der Waals surface area contributed by atoms with Crippen LogP contribution in [0.3, 0.4) is 0 Å². The van der Waals surface area contributed by atoms with Gasteiger partial charge in [0.15, 0.2) is 0 Å². The van der Waals surface area contributed by atoms with Crippen LogP contribution in [0.1, 0.15) is 51.9 Å². The Kier molecular flexibility index (Phi) is 5.31. The molecule has 4 fully saturated rings. The van der Waals surface area contributed by atoms with Crippen molar-refractivity contribution in [3.63, 3.8) is 0 Å². The van der Waals surface area contributed by atoms with Crippen LogP contribution in [0.15, 0.2) is 10.2 Å². The second kappa shape index (κ2) is 7.77. The van der Waals surface area contributed by atoms with Gasteiger partial charge in [0.2, 0.25) is 0 Å². The minimum atomic E-state index is -1.08. The topological polar surface area (TPSA) is 34.4 Å². The Hall–Kier alpha value is -0.850. The Balaban J connectivity index is 1.38. The summed E-state index contributed by atoms with van der Waals surface area (Å²) in [6, 6.07) is 0.383. The van der Waals surface area contributed by atoms with Crippen LogP contribution in [-0.2, 0) is 0 Å². The average Bonchev–Trinajstić information content (AvgIpc) is 2.94. The molecule has 5 rings (SSSR count). The molecule has 3 saturated heterocycles. The summed E-state index contributed by atoms with van der Waals surface area (Å²) in [5.41, 5.74) is 1.48. The molecule has 156 valence electrons. The average molecular weight is 389 g/mol. The first kappa shape index (κ1) is 19.1. The summed E-state index contributed by atoms with van der Waals surface area (Å²) in [7, 11) is 0. The van der Waals surface area contributed by atoms with Crippen LogP contribution in [-0.4, -0.2) is 90.2 Å². The summed E-state index contributed by atoms with van der Waals surface area (Å²) in [4.78, 5) is 7.19. The Morgan fingerprint density at radius 1 is 0.893 bits per heavy atom. The minimum absolute atomic E-state index is 0.383. The maximum Gasteiger partial charge on any atom is 0.148 e. The summed E-state index contributed by atoms with van der Waals surface area (Å²) in [6.45, 7) is 8.99. The fourth-order valence-corrected chi connectivity index (χ4v) is 6.48. The molecule has 7 atom stereocenters. The van der Waals surface area contributed by atoms with Gasteiger partial charge >= 0.3 is 0 Å². The lowest BCUT2D eigenvalue weighted by molar-refractivity contribution is 0.0928. The largest absolute Gasteiger partial charge is 0.298 e. The van der Waals surface area contributed by atoms with Crippen molar-refractivity contribution >= 4 is 11.4 Å². The van der Waals surface area contributed by atoms with Crippen molar-refractivity contribution in [1.29, 1.82) is 0 Å². The van der Waals surface area contributed by atoms with E-state index in [-0.39, 0.29) is 0 Å². The van der Waals surface area contributed by atoms with E-state index >= 15 is 4.39 Å². The highest BCUT2D eigenvalue weighted by Gasteiger charge is 2.46. The number of hydrogen-bond donors (Lipinski definition) is 0. The van der Waals surface area contributed by atoms with E-state index < -0.39 is 5.67 Å². The first-order valence-corrected chi connectivity index (χ1v) is 11.6. The van der Waals surface area contributed by atoms with Crippen LogP contribution in [0.4, 0.5) is 4.39 Å². The van der Waals surface area contributed by atoms with Gasteiger partial charge in [-0.05, 0) is 19.8 Å². The molecule has 0 amide bonds. The van der Waals surface area contributed by atoms with E-state index in [0.717, 1.165) is 39.1 Å². The normalized spacial score (nSPS) is 46.4. The van der Waals surface area contributed by atoms with Crippen LogP contribution >= 0.6 is 0 Å². The molecule has 0 radical (unpaired) electrons. The van der Waals surface area contributed by atoms with Gasteiger partial charge < -0.3 is 0 Å². The molecule has 0 N–H and O–H groups in total. The number of nitrogens with zero attached hydrogens (tertiary/aromatic N) is 5. The van der Waals surface area contributed by atoms with E-state index in [0.29, 0.717) is 37.5 Å². The van der Waals surface area contributed by atoms with Crippen molar-refractivity contribution in [2.45, 2.75) is 63.6 Å². The van der Waals surface area contributed by atoms with E-state index in [1.165, 1.54) is 49.9 Å². The molecule has 6 unspecified atom stereocenters. The van der Waals surface area contributed by atoms with Crippen molar-refractivity contribution in [1.82, 2.24) is 14.7 Å². The molecule has 4 bridgehead atoms. The quantitative estimate of drug-likeness (QED) is 0.730. The molecule has 5 nitrogen and oxygen atoms in total. The zero-order chi connectivity index (χ0) is 19.1. The number of halogens is 1. The van der Waals surface area contributed by atoms with E-state index in [9.17, 15) is 0 Å². The molecule has 0 spiro atoms. The molecule has 4 heterocycles. The number of rotatable bonds is 2. The smallest absolute Gasteiger partial charge is 0.148 e. The van der Waals surface area contributed by atoms with Gasteiger partial charge in [0, 0.05) is 88.1 Å². The zero-order valence-electron chi connectivity index (χ0n) is 17.5. The predicted molar refractivity (Wildman–Crippen MR) is 112 cm³/mol. The molecule has 0 aromatic rings. The van der Waals surface area contributed by atoms with Gasteiger partial charge in [-0.2, -0.15) is 10.2 Å². The Labute approximate surface area is 169 Å². The minimum Gasteiger partial charge on any atom is -0.298 e. The summed E-state index contributed by atoms with van der Waals surface area (Å²) < 4.78 is 15.7. The first-order chi connectivity index (χ1) is 13.6. The molecular formula is C22H36FN5. The molecular weight excluding hydrogens is 352 g/mol. The highest BCUT2D eigenvalue weighted by atomic mass is 18.2. The van der Waals surface area contributed by atoms with Crippen LogP contribution < -0.4 is 0 Å². The van der Waals surface area contributed by atoms with Crippen LogP contribution in [0, 0.1) is 11.8 Å². The molecule has 1 saturated carbocycles. The number of hydrogen-bond acceptors (Lipinski definition) is 5. The number of fused-ring (bicyclic) bond motifs is 4. The molecule has 28 heavy (non-hydrogen) atoms. The van der Waals surface area contributed by atoms with Crippen molar-refractivity contribution in [2.24, 2.45) is 22.0 Å². The third-order valence-corrected chi connectivity index (χ3v) is 7.93. The maximum absolute atomic E-state index is 15.7. The Morgan fingerprint density at radius 2 is 1.61 bits per heavy atom. The van der Waals surface area contributed by atoms with Crippen molar-refractivity contribution in [2.75, 3.05) is 52.4 Å². The van der Waals surface area contributed by atoms with Crippen LogP contribution in [0.5, 0.6) is 0 Å². The van der Waals surface area contributed by atoms with Crippen molar-refractivity contribution < 1.29 is 4.39 Å². The molecule has 4 aliphatic heterocycles. The van der Waals surface area contributed by atoms with E-state index in [2.05, 4.69) is 26.7 Å². The van der Waals surface area contributed by atoms with Gasteiger partial charge in [-0.3, -0.25) is 14.7 Å². The van der Waals surface area contributed by atoms with Gasteiger partial charge in [-0.25, -0.2) is 4.39 Å². The van der Waals surface area contributed by atoms with E-state index in [1.54, 1.807) is 0 Å².